The minimum absolute atomic E-state index is 0.0271. The molecule has 2 aromatic heterocycles. The SMILES string of the molecule is CC(C)c1ccccc1[C@@H]1CCCN1C1CC2(CCN(c3ccc(C(=O)NS(=O)(=O)c4cc5c(c([N+](=O)[O-])c4)NC(C4CCOCC4)CO5)c(Oc4cnc5[nH]ccc5c4)c3)CC2)C1. The standard InChI is InChI=1S/C48H55N7O8S/c1-30(2)37-6-3-4-7-38(37)41-8-5-17-54(41)34-26-48(27-34)14-18-53(19-15-48)33-9-10-39(43(23-33)63-35-22-32-11-16-49-46(32)50-28-35)47(56)52-64(59,60)36-24-42(55(57)58)45-44(25-36)62-29-40(51-45)31-12-20-61-21-13-31/h3-4,6-7,9-11,16,22-25,28,30-31,34,40-41,51H,5,8,12-15,17-21,26-27,29H2,1-2H3,(H,49,50)(H,52,56)/t40?,41-/m0/s1. The molecule has 1 spiro atoms. The summed E-state index contributed by atoms with van der Waals surface area (Å²) in [5.41, 5.74) is 4.41. The molecule has 64 heavy (non-hydrogen) atoms. The quantitative estimate of drug-likeness (QED) is 0.0849. The van der Waals surface area contributed by atoms with Gasteiger partial charge in [0, 0.05) is 73.9 Å². The molecular formula is C48H55N7O8S. The molecule has 4 aliphatic heterocycles. The molecule has 3 N–H and O–H groups in total. The summed E-state index contributed by atoms with van der Waals surface area (Å²) in [5.74, 6) is 0.264. The van der Waals surface area contributed by atoms with Gasteiger partial charge < -0.3 is 29.4 Å². The third-order valence-corrected chi connectivity index (χ3v) is 15.8. The van der Waals surface area contributed by atoms with Crippen molar-refractivity contribution in [1.82, 2.24) is 19.6 Å². The van der Waals surface area contributed by atoms with E-state index < -0.39 is 31.4 Å². The number of benzene rings is 3. The zero-order valence-corrected chi connectivity index (χ0v) is 37.1. The van der Waals surface area contributed by atoms with Gasteiger partial charge in [-0.05, 0) is 111 Å². The van der Waals surface area contributed by atoms with Crippen LogP contribution < -0.4 is 24.4 Å². The van der Waals surface area contributed by atoms with E-state index in [2.05, 4.69) is 67.9 Å². The first-order valence-electron chi connectivity index (χ1n) is 22.6. The average molecular weight is 890 g/mol. The second kappa shape index (κ2) is 17.0. The van der Waals surface area contributed by atoms with Crippen molar-refractivity contribution in [3.05, 3.63) is 106 Å². The second-order valence-electron chi connectivity index (χ2n) is 18.6. The lowest BCUT2D eigenvalue weighted by atomic mass is 9.59. The number of piperidine rings is 1. The number of carbonyl (C=O) groups is 1. The van der Waals surface area contributed by atoms with Gasteiger partial charge in [-0.25, -0.2) is 18.1 Å². The number of hydrogen-bond acceptors (Lipinski definition) is 12. The Morgan fingerprint density at radius 3 is 2.59 bits per heavy atom. The Labute approximate surface area is 373 Å². The lowest BCUT2D eigenvalue weighted by molar-refractivity contribution is -0.384. The summed E-state index contributed by atoms with van der Waals surface area (Å²) in [6, 6.07) is 20.9. The minimum atomic E-state index is -4.63. The van der Waals surface area contributed by atoms with Gasteiger partial charge in [0.25, 0.3) is 21.6 Å². The highest BCUT2D eigenvalue weighted by molar-refractivity contribution is 7.90. The maximum atomic E-state index is 14.1. The van der Waals surface area contributed by atoms with E-state index in [1.165, 1.54) is 42.9 Å². The van der Waals surface area contributed by atoms with Crippen molar-refractivity contribution >= 4 is 44.0 Å². The Kier molecular flexibility index (Phi) is 11.2. The van der Waals surface area contributed by atoms with Crippen molar-refractivity contribution in [2.75, 3.05) is 49.7 Å². The van der Waals surface area contributed by atoms with Crippen LogP contribution in [0.5, 0.6) is 17.2 Å². The average Bonchev–Trinajstić information content (AvgIpc) is 3.98. The van der Waals surface area contributed by atoms with Gasteiger partial charge in [-0.3, -0.25) is 19.8 Å². The first-order valence-corrected chi connectivity index (χ1v) is 24.1. The number of anilines is 2. The Bertz CT molecular complexity index is 2680. The Morgan fingerprint density at radius 2 is 1.81 bits per heavy atom. The van der Waals surface area contributed by atoms with Gasteiger partial charge in [0.1, 0.15) is 23.8 Å². The molecule has 10 rings (SSSR count). The number of nitro benzene ring substituents is 1. The number of H-pyrrole nitrogens is 1. The number of sulfonamides is 1. The Morgan fingerprint density at radius 1 is 1.02 bits per heavy atom. The molecule has 5 aromatic rings. The largest absolute Gasteiger partial charge is 0.489 e. The summed E-state index contributed by atoms with van der Waals surface area (Å²) >= 11 is 0. The molecule has 2 atom stereocenters. The molecule has 16 heteroatoms. The first kappa shape index (κ1) is 42.3. The fraction of sp³-hybridized carbons (Fsp3) is 0.458. The second-order valence-corrected chi connectivity index (χ2v) is 20.3. The lowest BCUT2D eigenvalue weighted by Gasteiger charge is -2.56. The fourth-order valence-corrected chi connectivity index (χ4v) is 12.0. The van der Waals surface area contributed by atoms with E-state index in [1.807, 2.05) is 12.1 Å². The molecule has 5 aliphatic rings. The van der Waals surface area contributed by atoms with Gasteiger partial charge in [-0.15, -0.1) is 0 Å². The maximum absolute atomic E-state index is 14.1. The predicted molar refractivity (Wildman–Crippen MR) is 243 cm³/mol. The molecule has 1 aliphatic carbocycles. The van der Waals surface area contributed by atoms with E-state index in [1.54, 1.807) is 30.6 Å². The van der Waals surface area contributed by atoms with Crippen molar-refractivity contribution in [2.45, 2.75) is 94.2 Å². The maximum Gasteiger partial charge on any atom is 0.297 e. The summed E-state index contributed by atoms with van der Waals surface area (Å²) in [6.07, 6.45) is 11.8. The van der Waals surface area contributed by atoms with Crippen molar-refractivity contribution < 1.29 is 32.3 Å². The van der Waals surface area contributed by atoms with E-state index in [0.717, 1.165) is 62.5 Å². The molecule has 6 heterocycles. The normalized spacial score (nSPS) is 21.6. The molecule has 336 valence electrons. The zero-order valence-electron chi connectivity index (χ0n) is 36.3. The van der Waals surface area contributed by atoms with Gasteiger partial charge in [0.05, 0.1) is 27.6 Å². The highest BCUT2D eigenvalue weighted by Crippen LogP contribution is 2.54. The number of amides is 1. The third-order valence-electron chi connectivity index (χ3n) is 14.5. The van der Waals surface area contributed by atoms with Crippen LogP contribution in [0.2, 0.25) is 0 Å². The number of fused-ring (bicyclic) bond motifs is 2. The number of carbonyl (C=O) groups excluding carboxylic acids is 1. The molecule has 0 bridgehead atoms. The Balaban J connectivity index is 0.861. The highest BCUT2D eigenvalue weighted by atomic mass is 32.2. The van der Waals surface area contributed by atoms with Crippen LogP contribution in [-0.4, -0.2) is 85.7 Å². The van der Waals surface area contributed by atoms with Crippen LogP contribution in [0.4, 0.5) is 17.1 Å². The first-order chi connectivity index (χ1) is 30.9. The topological polar surface area (TPSA) is 181 Å². The summed E-state index contributed by atoms with van der Waals surface area (Å²) in [4.78, 5) is 37.9. The van der Waals surface area contributed by atoms with Crippen molar-refractivity contribution in [3.63, 3.8) is 0 Å². The van der Waals surface area contributed by atoms with Crippen LogP contribution in [0.1, 0.15) is 98.7 Å². The lowest BCUT2D eigenvalue weighted by Crippen LogP contribution is -2.54. The number of likely N-dealkylation sites (tertiary alicyclic amines) is 1. The van der Waals surface area contributed by atoms with Gasteiger partial charge in [-0.2, -0.15) is 0 Å². The van der Waals surface area contributed by atoms with Crippen molar-refractivity contribution in [2.24, 2.45) is 11.3 Å². The van der Waals surface area contributed by atoms with Gasteiger partial charge in [0.2, 0.25) is 0 Å². The van der Waals surface area contributed by atoms with Crippen LogP contribution >= 0.6 is 0 Å². The molecule has 3 aromatic carbocycles. The van der Waals surface area contributed by atoms with Gasteiger partial charge in [-0.1, -0.05) is 38.1 Å². The van der Waals surface area contributed by atoms with Crippen LogP contribution in [0.25, 0.3) is 11.0 Å². The smallest absolute Gasteiger partial charge is 0.297 e. The van der Waals surface area contributed by atoms with Crippen LogP contribution in [-0.2, 0) is 14.8 Å². The van der Waals surface area contributed by atoms with Crippen molar-refractivity contribution in [1.29, 1.82) is 0 Å². The number of hydrogen-bond donors (Lipinski definition) is 3. The summed E-state index contributed by atoms with van der Waals surface area (Å²) in [6.45, 7) is 8.80. The number of nitrogens with zero attached hydrogens (tertiary/aromatic N) is 4. The fourth-order valence-electron chi connectivity index (χ4n) is 11.0. The summed E-state index contributed by atoms with van der Waals surface area (Å²) < 4.78 is 47.8. The van der Waals surface area contributed by atoms with E-state index >= 15 is 0 Å². The number of pyridine rings is 1. The predicted octanol–water partition coefficient (Wildman–Crippen LogP) is 8.69. The molecule has 15 nitrogen and oxygen atoms in total. The summed E-state index contributed by atoms with van der Waals surface area (Å²) in [7, 11) is -4.63. The molecule has 1 saturated carbocycles. The third kappa shape index (κ3) is 8.15. The number of ether oxygens (including phenoxy) is 3. The van der Waals surface area contributed by atoms with E-state index in [-0.39, 0.29) is 41.3 Å². The van der Waals surface area contributed by atoms with Crippen LogP contribution in [0.3, 0.4) is 0 Å². The molecule has 3 saturated heterocycles. The highest BCUT2D eigenvalue weighted by Gasteiger charge is 2.50. The monoisotopic (exact) mass is 889 g/mol. The molecule has 1 unspecified atom stereocenters. The number of nitro groups is 1. The molecule has 4 fully saturated rings. The van der Waals surface area contributed by atoms with Crippen molar-refractivity contribution in [3.8, 4) is 17.2 Å². The molecular weight excluding hydrogens is 835 g/mol. The zero-order chi connectivity index (χ0) is 44.2. The number of aromatic amines is 1. The van der Waals surface area contributed by atoms with Crippen LogP contribution in [0.15, 0.2) is 84.0 Å². The van der Waals surface area contributed by atoms with E-state index in [0.29, 0.717) is 48.0 Å². The molecule has 0 radical (unpaired) electrons. The van der Waals surface area contributed by atoms with E-state index in [4.69, 9.17) is 14.2 Å². The van der Waals surface area contributed by atoms with Gasteiger partial charge >= 0.3 is 0 Å². The van der Waals surface area contributed by atoms with E-state index in [9.17, 15) is 23.3 Å². The number of rotatable bonds is 11. The Hall–Kier alpha value is -5.71. The minimum Gasteiger partial charge on any atom is -0.489 e. The van der Waals surface area contributed by atoms with Crippen LogP contribution in [0, 0.1) is 21.4 Å². The van der Waals surface area contributed by atoms with Gasteiger partial charge in [0.15, 0.2) is 11.4 Å². The molecule has 1 amide bonds. The number of aromatic nitrogens is 2. The summed E-state index contributed by atoms with van der Waals surface area (Å²) in [5, 5.41) is 16.4. The number of nitrogens with one attached hydrogen (secondary N) is 3.